The summed E-state index contributed by atoms with van der Waals surface area (Å²) in [6.45, 7) is 3.63. The molecule has 0 radical (unpaired) electrons. The molecule has 2 heterocycles. The van der Waals surface area contributed by atoms with Gasteiger partial charge in [0.05, 0.1) is 12.6 Å². The zero-order valence-corrected chi connectivity index (χ0v) is 18.2. The highest BCUT2D eigenvalue weighted by Gasteiger charge is 2.66. The summed E-state index contributed by atoms with van der Waals surface area (Å²) in [6, 6.07) is 0.337. The van der Waals surface area contributed by atoms with Crippen LogP contribution in [0.5, 0.6) is 0 Å². The Kier molecular flexibility index (Phi) is 6.26. The first-order valence-corrected chi connectivity index (χ1v) is 10.00. The normalized spacial score (nSPS) is 28.7. The maximum atomic E-state index is 12.7. The van der Waals surface area contributed by atoms with Crippen LogP contribution in [0, 0.1) is 11.3 Å². The Bertz CT molecular complexity index is 692. The molecule has 5 nitrogen and oxygen atoms in total. The van der Waals surface area contributed by atoms with Gasteiger partial charge in [0.1, 0.15) is 5.01 Å². The number of hydrogen-bond donors (Lipinski definition) is 2. The smallest absolute Gasteiger partial charge is 0.377 e. The van der Waals surface area contributed by atoms with E-state index in [-0.39, 0.29) is 35.9 Å². The second-order valence-corrected chi connectivity index (χ2v) is 8.21. The van der Waals surface area contributed by atoms with Crippen molar-refractivity contribution < 1.29 is 17.9 Å². The van der Waals surface area contributed by atoms with Crippen molar-refractivity contribution in [3.63, 3.8) is 0 Å². The first-order valence-electron chi connectivity index (χ1n) is 9.12. The van der Waals surface area contributed by atoms with Gasteiger partial charge < -0.3 is 15.4 Å². The van der Waals surface area contributed by atoms with Crippen LogP contribution in [0.25, 0.3) is 0 Å². The lowest BCUT2D eigenvalue weighted by Crippen LogP contribution is -2.72. The number of aromatic nitrogens is 1. The van der Waals surface area contributed by atoms with E-state index in [2.05, 4.69) is 20.6 Å². The van der Waals surface area contributed by atoms with Crippen molar-refractivity contribution in [3.8, 4) is 0 Å². The Hall–Kier alpha value is -0.620. The zero-order valence-electron chi connectivity index (χ0n) is 15.0. The fraction of sp³-hybridized carbons (Fsp3) is 0.765. The molecule has 0 amide bonds. The predicted molar refractivity (Wildman–Crippen MR) is 108 cm³/mol. The van der Waals surface area contributed by atoms with Crippen molar-refractivity contribution in [1.29, 1.82) is 0 Å². The third-order valence-corrected chi connectivity index (χ3v) is 6.72. The van der Waals surface area contributed by atoms with Gasteiger partial charge in [0, 0.05) is 35.9 Å². The lowest BCUT2D eigenvalue weighted by Gasteiger charge is -2.63. The highest BCUT2D eigenvalue weighted by atomic mass is 127. The van der Waals surface area contributed by atoms with Gasteiger partial charge in [-0.25, -0.2) is 9.98 Å². The van der Waals surface area contributed by atoms with Crippen molar-refractivity contribution >= 4 is 41.3 Å². The third-order valence-electron chi connectivity index (χ3n) is 5.89. The number of hydrogen-bond acceptors (Lipinski definition) is 4. The van der Waals surface area contributed by atoms with E-state index < -0.39 is 11.9 Å². The number of aliphatic imine (C=N–C) groups is 1. The molecule has 4 rings (SSSR count). The maximum absolute atomic E-state index is 12.7. The van der Waals surface area contributed by atoms with Crippen LogP contribution < -0.4 is 10.6 Å². The van der Waals surface area contributed by atoms with E-state index in [0.717, 1.165) is 29.7 Å². The van der Waals surface area contributed by atoms with E-state index in [0.29, 0.717) is 35.6 Å². The lowest BCUT2D eigenvalue weighted by atomic mass is 9.46. The molecule has 2 aliphatic carbocycles. The monoisotopic (exact) mass is 516 g/mol. The summed E-state index contributed by atoms with van der Waals surface area (Å²) >= 11 is 0.992. The van der Waals surface area contributed by atoms with Crippen LogP contribution in [-0.2, 0) is 17.5 Å². The van der Waals surface area contributed by atoms with Gasteiger partial charge in [0.25, 0.3) is 0 Å². The Labute approximate surface area is 177 Å². The molecule has 0 bridgehead atoms. The van der Waals surface area contributed by atoms with Gasteiger partial charge in [-0.15, -0.1) is 35.3 Å². The predicted octanol–water partition coefficient (Wildman–Crippen LogP) is 3.79. The van der Waals surface area contributed by atoms with E-state index in [9.17, 15) is 13.2 Å². The van der Waals surface area contributed by atoms with Crippen LogP contribution in [0.1, 0.15) is 43.3 Å². The van der Waals surface area contributed by atoms with Gasteiger partial charge >= 0.3 is 6.18 Å². The largest absolute Gasteiger partial charge is 0.434 e. The summed E-state index contributed by atoms with van der Waals surface area (Å²) in [5, 5.41) is 8.15. The molecule has 1 spiro atoms. The molecular formula is C17H24F3IN4OS. The molecule has 2 N–H and O–H groups in total. The average Bonchev–Trinajstić information content (AvgIpc) is 3.16. The van der Waals surface area contributed by atoms with Crippen molar-refractivity contribution in [2.24, 2.45) is 16.3 Å². The number of nitrogens with one attached hydrogen (secondary N) is 2. The topological polar surface area (TPSA) is 58.5 Å². The second kappa shape index (κ2) is 8.02. The fourth-order valence-corrected chi connectivity index (χ4v) is 5.31. The SMILES string of the molecule is CCNC(=NCc1nc(C(F)(F)F)cs1)NC1C2CCOC2C12CCC2.I. The van der Waals surface area contributed by atoms with Gasteiger partial charge in [-0.3, -0.25) is 0 Å². The van der Waals surface area contributed by atoms with Gasteiger partial charge in [0.2, 0.25) is 0 Å². The van der Waals surface area contributed by atoms with E-state index in [1.807, 2.05) is 6.92 Å². The number of alkyl halides is 3. The van der Waals surface area contributed by atoms with E-state index >= 15 is 0 Å². The van der Waals surface area contributed by atoms with Crippen LogP contribution in [0.15, 0.2) is 10.4 Å². The highest BCUT2D eigenvalue weighted by molar-refractivity contribution is 14.0. The molecule has 1 aromatic heterocycles. The minimum absolute atomic E-state index is 0. The Morgan fingerprint density at radius 2 is 2.22 bits per heavy atom. The second-order valence-electron chi connectivity index (χ2n) is 7.27. The number of nitrogens with zero attached hydrogens (tertiary/aromatic N) is 2. The summed E-state index contributed by atoms with van der Waals surface area (Å²) in [6.07, 6.45) is 0.605. The van der Waals surface area contributed by atoms with E-state index in [1.165, 1.54) is 19.3 Å². The van der Waals surface area contributed by atoms with Crippen LogP contribution in [0.4, 0.5) is 13.2 Å². The molecule has 27 heavy (non-hydrogen) atoms. The summed E-state index contributed by atoms with van der Waals surface area (Å²) < 4.78 is 44.0. The number of halogens is 4. The molecule has 3 atom stereocenters. The Morgan fingerprint density at radius 3 is 2.81 bits per heavy atom. The number of rotatable bonds is 4. The minimum Gasteiger partial charge on any atom is -0.377 e. The van der Waals surface area contributed by atoms with Crippen LogP contribution in [0.3, 0.4) is 0 Å². The van der Waals surface area contributed by atoms with Crippen LogP contribution in [-0.4, -0.2) is 36.2 Å². The number of ether oxygens (including phenoxy) is 1. The molecule has 1 aromatic rings. The molecule has 2 saturated carbocycles. The lowest BCUT2D eigenvalue weighted by molar-refractivity contribution is -0.171. The van der Waals surface area contributed by atoms with Crippen molar-refractivity contribution in [2.75, 3.05) is 13.2 Å². The Morgan fingerprint density at radius 1 is 1.44 bits per heavy atom. The Balaban J connectivity index is 0.00000210. The summed E-state index contributed by atoms with van der Waals surface area (Å²) in [5.74, 6) is 1.16. The molecule has 1 saturated heterocycles. The standard InChI is InChI=1S/C17H23F3N4OS.HI/c1-2-21-15(22-8-12-23-11(9-26-12)17(18,19)20)24-13-10-4-7-25-14(10)16(13)5-3-6-16;/h9-10,13-14H,2-8H2,1H3,(H2,21,22,24);1H. The van der Waals surface area contributed by atoms with Crippen molar-refractivity contribution in [3.05, 3.63) is 16.1 Å². The van der Waals surface area contributed by atoms with Crippen LogP contribution in [0.2, 0.25) is 0 Å². The summed E-state index contributed by atoms with van der Waals surface area (Å²) in [7, 11) is 0. The van der Waals surface area contributed by atoms with Gasteiger partial charge in [-0.05, 0) is 26.2 Å². The van der Waals surface area contributed by atoms with E-state index in [1.54, 1.807) is 0 Å². The van der Waals surface area contributed by atoms with Gasteiger partial charge in [0.15, 0.2) is 11.7 Å². The summed E-state index contributed by atoms with van der Waals surface area (Å²) in [5.41, 5.74) is -0.619. The first-order chi connectivity index (χ1) is 12.4. The quantitative estimate of drug-likeness (QED) is 0.364. The molecule has 10 heteroatoms. The van der Waals surface area contributed by atoms with Crippen LogP contribution >= 0.6 is 35.3 Å². The summed E-state index contributed by atoms with van der Waals surface area (Å²) in [4.78, 5) is 8.12. The maximum Gasteiger partial charge on any atom is 0.434 e. The zero-order chi connectivity index (χ0) is 18.4. The minimum atomic E-state index is -4.40. The molecule has 3 aliphatic rings. The molecular weight excluding hydrogens is 492 g/mol. The third kappa shape index (κ3) is 3.81. The first kappa shape index (κ1) is 21.1. The molecule has 1 aliphatic heterocycles. The highest BCUT2D eigenvalue weighted by Crippen LogP contribution is 2.62. The van der Waals surface area contributed by atoms with Crippen molar-refractivity contribution in [1.82, 2.24) is 15.6 Å². The number of guanidine groups is 1. The molecule has 3 unspecified atom stereocenters. The average molecular weight is 516 g/mol. The number of fused-ring (bicyclic) bond motifs is 2. The van der Waals surface area contributed by atoms with Crippen molar-refractivity contribution in [2.45, 2.75) is 57.5 Å². The van der Waals surface area contributed by atoms with Gasteiger partial charge in [-0.2, -0.15) is 13.2 Å². The molecule has 0 aromatic carbocycles. The number of thiazole rings is 1. The van der Waals surface area contributed by atoms with E-state index in [4.69, 9.17) is 4.74 Å². The molecule has 3 fully saturated rings. The van der Waals surface area contributed by atoms with Gasteiger partial charge in [-0.1, -0.05) is 6.42 Å². The fourth-order valence-electron chi connectivity index (χ4n) is 4.58. The molecule has 152 valence electrons.